The van der Waals surface area contributed by atoms with Gasteiger partial charge in [-0.15, -0.1) is 22.7 Å². The zero-order valence-corrected chi connectivity index (χ0v) is 25.5. The van der Waals surface area contributed by atoms with Crippen LogP contribution in [-0.2, 0) is 22.9 Å². The molecule has 0 radical (unpaired) electrons. The SMILES string of the molecule is Cc1ccc(/C=C/c2cccc(-c3nn(-c4nc(C(=O)O)cs4)c(CC4CC4)c3Cc3ccc(S(N)(=O)=O)c(F)c3)c2)s1. The molecular formula is C31H27FN4O4S3. The zero-order chi connectivity index (χ0) is 30.3. The van der Waals surface area contributed by atoms with E-state index in [1.165, 1.54) is 33.7 Å². The number of carboxylic acids is 1. The van der Waals surface area contributed by atoms with E-state index in [1.807, 2.05) is 30.3 Å². The molecule has 1 aliphatic rings. The van der Waals surface area contributed by atoms with Crippen LogP contribution in [0.15, 0.2) is 64.9 Å². The first-order chi connectivity index (χ1) is 20.5. The van der Waals surface area contributed by atoms with Gasteiger partial charge in [-0.3, -0.25) is 0 Å². The van der Waals surface area contributed by atoms with Gasteiger partial charge in [-0.05, 0) is 79.6 Å². The predicted molar refractivity (Wildman–Crippen MR) is 167 cm³/mol. The number of halogens is 1. The van der Waals surface area contributed by atoms with Crippen molar-refractivity contribution < 1.29 is 22.7 Å². The van der Waals surface area contributed by atoms with Crippen LogP contribution in [-0.4, -0.2) is 34.3 Å². The molecule has 3 heterocycles. The normalized spacial score (nSPS) is 13.7. The van der Waals surface area contributed by atoms with Crippen LogP contribution in [0.3, 0.4) is 0 Å². The number of aryl methyl sites for hydroxylation is 1. The van der Waals surface area contributed by atoms with E-state index in [2.05, 4.69) is 30.1 Å². The Morgan fingerprint density at radius 3 is 2.63 bits per heavy atom. The van der Waals surface area contributed by atoms with E-state index in [0.29, 0.717) is 28.7 Å². The summed E-state index contributed by atoms with van der Waals surface area (Å²) in [7, 11) is -4.21. The molecule has 5 aromatic rings. The first-order valence-electron chi connectivity index (χ1n) is 13.5. The number of nitrogens with two attached hydrogens (primary N) is 1. The van der Waals surface area contributed by atoms with Gasteiger partial charge in [0.05, 0.1) is 11.4 Å². The Balaban J connectivity index is 1.48. The van der Waals surface area contributed by atoms with Crippen molar-refractivity contribution in [2.24, 2.45) is 11.1 Å². The Bertz CT molecular complexity index is 1990. The number of primary sulfonamides is 1. The minimum Gasteiger partial charge on any atom is -0.476 e. The molecule has 0 atom stereocenters. The number of carboxylic acid groups (broad SMARTS) is 1. The highest BCUT2D eigenvalue weighted by molar-refractivity contribution is 7.89. The van der Waals surface area contributed by atoms with Crippen LogP contribution < -0.4 is 5.14 Å². The molecular weight excluding hydrogens is 608 g/mol. The van der Waals surface area contributed by atoms with Crippen LogP contribution in [0.1, 0.15) is 55.5 Å². The lowest BCUT2D eigenvalue weighted by atomic mass is 9.96. The highest BCUT2D eigenvalue weighted by Gasteiger charge is 2.29. The third-order valence-corrected chi connectivity index (χ3v) is 9.93. The maximum Gasteiger partial charge on any atom is 0.355 e. The molecule has 8 nitrogen and oxygen atoms in total. The summed E-state index contributed by atoms with van der Waals surface area (Å²) in [6.45, 7) is 2.07. The van der Waals surface area contributed by atoms with Crippen LogP contribution in [0.2, 0.25) is 0 Å². The minimum atomic E-state index is -4.21. The Morgan fingerprint density at radius 2 is 1.98 bits per heavy atom. The van der Waals surface area contributed by atoms with Crippen LogP contribution in [0, 0.1) is 18.7 Å². The van der Waals surface area contributed by atoms with Crippen molar-refractivity contribution in [2.75, 3.05) is 0 Å². The second-order valence-electron chi connectivity index (χ2n) is 10.5. The van der Waals surface area contributed by atoms with Crippen molar-refractivity contribution in [3.63, 3.8) is 0 Å². The lowest BCUT2D eigenvalue weighted by Gasteiger charge is -2.10. The molecule has 43 heavy (non-hydrogen) atoms. The number of benzene rings is 2. The molecule has 1 fully saturated rings. The van der Waals surface area contributed by atoms with Gasteiger partial charge in [-0.1, -0.05) is 30.3 Å². The van der Waals surface area contributed by atoms with E-state index in [1.54, 1.807) is 22.1 Å². The Kier molecular flexibility index (Phi) is 7.86. The highest BCUT2D eigenvalue weighted by Crippen LogP contribution is 2.38. The monoisotopic (exact) mass is 634 g/mol. The molecule has 0 bridgehead atoms. The molecule has 0 unspecified atom stereocenters. The third kappa shape index (κ3) is 6.52. The van der Waals surface area contributed by atoms with Crippen LogP contribution >= 0.6 is 22.7 Å². The minimum absolute atomic E-state index is 0.0624. The molecule has 220 valence electrons. The lowest BCUT2D eigenvalue weighted by molar-refractivity contribution is 0.0691. The summed E-state index contributed by atoms with van der Waals surface area (Å²) >= 11 is 2.90. The molecule has 0 aliphatic heterocycles. The number of thiazole rings is 1. The fraction of sp³-hybridized carbons (Fsp3) is 0.194. The summed E-state index contributed by atoms with van der Waals surface area (Å²) in [6, 6.07) is 16.0. The van der Waals surface area contributed by atoms with E-state index in [4.69, 9.17) is 10.2 Å². The van der Waals surface area contributed by atoms with Crippen molar-refractivity contribution in [1.29, 1.82) is 0 Å². The van der Waals surface area contributed by atoms with E-state index in [9.17, 15) is 22.7 Å². The maximum atomic E-state index is 14.9. The van der Waals surface area contributed by atoms with Gasteiger partial charge in [-0.25, -0.2) is 32.4 Å². The molecule has 3 aromatic heterocycles. The standard InChI is InChI=1S/C31H27FN4O4S3/c1-18-5-10-23(42-18)11-8-19-3-2-4-22(13-19)29-24(14-21-9-12-28(25(32)15-21)43(33,39)40)27(16-20-6-7-20)36(35-29)31-34-26(17-41-31)30(37)38/h2-5,8-13,15,17,20H,6-7,14,16H2,1H3,(H,37,38)(H2,33,39,40)/b11-8+. The second-order valence-corrected chi connectivity index (χ2v) is 14.2. The second kappa shape index (κ2) is 11.6. The summed E-state index contributed by atoms with van der Waals surface area (Å²) in [6.07, 6.45) is 7.20. The number of aromatic carboxylic acids is 1. The first-order valence-corrected chi connectivity index (χ1v) is 16.8. The summed E-state index contributed by atoms with van der Waals surface area (Å²) < 4.78 is 40.2. The number of thiophene rings is 1. The lowest BCUT2D eigenvalue weighted by Crippen LogP contribution is -2.14. The van der Waals surface area contributed by atoms with Gasteiger partial charge < -0.3 is 5.11 Å². The average Bonchev–Trinajstić information content (AvgIpc) is 3.30. The molecule has 0 spiro atoms. The largest absolute Gasteiger partial charge is 0.476 e. The number of carbonyl (C=O) groups is 1. The van der Waals surface area contributed by atoms with Gasteiger partial charge >= 0.3 is 5.97 Å². The molecule has 0 saturated heterocycles. The van der Waals surface area contributed by atoms with E-state index in [0.717, 1.165) is 40.1 Å². The first kappa shape index (κ1) is 29.1. The third-order valence-electron chi connectivity index (χ3n) is 7.21. The van der Waals surface area contributed by atoms with E-state index < -0.39 is 26.7 Å². The van der Waals surface area contributed by atoms with Gasteiger partial charge in [0, 0.05) is 32.7 Å². The van der Waals surface area contributed by atoms with Crippen LogP contribution in [0.4, 0.5) is 4.39 Å². The number of rotatable bonds is 10. The number of hydrogen-bond acceptors (Lipinski definition) is 7. The molecule has 0 amide bonds. The average molecular weight is 635 g/mol. The Hall–Kier alpha value is -3.97. The van der Waals surface area contributed by atoms with Gasteiger partial charge in [0.25, 0.3) is 0 Å². The quantitative estimate of drug-likeness (QED) is 0.179. The van der Waals surface area contributed by atoms with Gasteiger partial charge in [0.15, 0.2) is 5.69 Å². The number of nitrogens with zero attached hydrogens (tertiary/aromatic N) is 3. The van der Waals surface area contributed by atoms with Crippen molar-refractivity contribution in [3.8, 4) is 16.4 Å². The summed E-state index contributed by atoms with van der Waals surface area (Å²) in [4.78, 5) is 17.7. The Morgan fingerprint density at radius 1 is 1.16 bits per heavy atom. The maximum absolute atomic E-state index is 14.9. The van der Waals surface area contributed by atoms with Crippen molar-refractivity contribution in [2.45, 2.75) is 37.5 Å². The van der Waals surface area contributed by atoms with Crippen LogP contribution in [0.25, 0.3) is 28.5 Å². The molecule has 12 heteroatoms. The topological polar surface area (TPSA) is 128 Å². The van der Waals surface area contributed by atoms with Crippen molar-refractivity contribution >= 4 is 50.8 Å². The molecule has 1 aliphatic carbocycles. The van der Waals surface area contributed by atoms with Crippen molar-refractivity contribution in [3.05, 3.63) is 104 Å². The highest BCUT2D eigenvalue weighted by atomic mass is 32.2. The fourth-order valence-corrected chi connectivity index (χ4v) is 7.07. The summed E-state index contributed by atoms with van der Waals surface area (Å²) in [5, 5.41) is 21.6. The van der Waals surface area contributed by atoms with Gasteiger partial charge in [-0.2, -0.15) is 5.10 Å². The number of aromatic nitrogens is 3. The van der Waals surface area contributed by atoms with Crippen LogP contribution in [0.5, 0.6) is 0 Å². The fourth-order valence-electron chi connectivity index (χ4n) is 4.93. The molecule has 3 N–H and O–H groups in total. The molecule has 1 saturated carbocycles. The van der Waals surface area contributed by atoms with E-state index >= 15 is 0 Å². The Labute approximate surface area is 256 Å². The predicted octanol–water partition coefficient (Wildman–Crippen LogP) is 6.56. The van der Waals surface area contributed by atoms with E-state index in [-0.39, 0.29) is 12.1 Å². The zero-order valence-electron chi connectivity index (χ0n) is 23.0. The number of hydrogen-bond donors (Lipinski definition) is 2. The molecule has 2 aromatic carbocycles. The molecule has 6 rings (SSSR count). The van der Waals surface area contributed by atoms with Gasteiger partial charge in [0.1, 0.15) is 10.7 Å². The van der Waals surface area contributed by atoms with Crippen molar-refractivity contribution in [1.82, 2.24) is 14.8 Å². The number of sulfonamides is 1. The van der Waals surface area contributed by atoms with Gasteiger partial charge in [0.2, 0.25) is 15.2 Å². The summed E-state index contributed by atoms with van der Waals surface area (Å²) in [5.74, 6) is -1.59. The smallest absolute Gasteiger partial charge is 0.355 e. The summed E-state index contributed by atoms with van der Waals surface area (Å²) in [5.41, 5.74) is 4.68.